The standard InChI is InChI=1S/C54H42O2/c1-3-7-11-15-19-23-27-33-43(34-28-24-20-16-12-8-4-1)45-37-31-39-47-49-41-50-48-40-32-38-46(54(48)56-52(50)42-51(49)55-53(45)47)44-35-29-25-21-17-13-9-5-2-6-10-14-18-22-26-30-36-44/h1-42H. The van der Waals surface area contributed by atoms with Crippen LogP contribution in [0.15, 0.2) is 264 Å². The zero-order chi connectivity index (χ0) is 38.0. The van der Waals surface area contributed by atoms with E-state index in [4.69, 9.17) is 8.83 Å². The number of hydrogen-bond donors (Lipinski definition) is 0. The van der Waals surface area contributed by atoms with Gasteiger partial charge in [0.2, 0.25) is 0 Å². The maximum Gasteiger partial charge on any atom is 0.143 e. The van der Waals surface area contributed by atoms with Crippen LogP contribution < -0.4 is 0 Å². The van der Waals surface area contributed by atoms with E-state index in [0.29, 0.717) is 0 Å². The van der Waals surface area contributed by atoms with Gasteiger partial charge in [-0.1, -0.05) is 243 Å². The molecule has 0 aliphatic carbocycles. The van der Waals surface area contributed by atoms with Crippen molar-refractivity contribution in [3.8, 4) is 22.3 Å². The van der Waals surface area contributed by atoms with Crippen molar-refractivity contribution in [2.24, 2.45) is 0 Å². The second-order valence-corrected chi connectivity index (χ2v) is 12.8. The van der Waals surface area contributed by atoms with E-state index in [9.17, 15) is 0 Å². The molecule has 0 atom stereocenters. The fraction of sp³-hybridized carbons (Fsp3) is 0. The normalized spacial score (nSPS) is 10.1. The lowest BCUT2D eigenvalue weighted by Gasteiger charge is -2.01. The molecule has 56 heavy (non-hydrogen) atoms. The Labute approximate surface area is 328 Å². The number of rotatable bonds is 2. The summed E-state index contributed by atoms with van der Waals surface area (Å²) in [7, 11) is 0. The molecule has 0 spiro atoms. The topological polar surface area (TPSA) is 26.3 Å². The molecule has 2 heteroatoms. The first kappa shape index (κ1) is 36.9. The largest absolute Gasteiger partial charge is 0.455 e. The van der Waals surface area contributed by atoms with Gasteiger partial charge in [0.25, 0.3) is 0 Å². The highest BCUT2D eigenvalue weighted by Gasteiger charge is 2.17. The highest BCUT2D eigenvalue weighted by Crippen LogP contribution is 2.41. The molecule has 0 unspecified atom stereocenters. The third-order valence-corrected chi connectivity index (χ3v) is 8.95. The quantitative estimate of drug-likeness (QED) is 0.178. The van der Waals surface area contributed by atoms with Crippen LogP contribution in [0.5, 0.6) is 0 Å². The smallest absolute Gasteiger partial charge is 0.143 e. The van der Waals surface area contributed by atoms with Gasteiger partial charge in [0.1, 0.15) is 22.3 Å². The van der Waals surface area contributed by atoms with Gasteiger partial charge in [0.05, 0.1) is 0 Å². The minimum absolute atomic E-state index is 0.783. The van der Waals surface area contributed by atoms with Crippen LogP contribution in [0.4, 0.5) is 0 Å². The Morgan fingerprint density at radius 3 is 0.768 bits per heavy atom. The average molecular weight is 723 g/mol. The second-order valence-electron chi connectivity index (χ2n) is 12.8. The summed E-state index contributed by atoms with van der Waals surface area (Å²) in [6.45, 7) is 0. The zero-order valence-electron chi connectivity index (χ0n) is 31.1. The summed E-state index contributed by atoms with van der Waals surface area (Å²) in [6.07, 6.45) is 0. The summed E-state index contributed by atoms with van der Waals surface area (Å²) in [5.41, 5.74) is 7.34. The van der Waals surface area contributed by atoms with Crippen LogP contribution in [0.25, 0.3) is 66.1 Å². The van der Waals surface area contributed by atoms with Gasteiger partial charge < -0.3 is 8.83 Å². The molecule has 0 saturated carbocycles. The van der Waals surface area contributed by atoms with Crippen LogP contribution in [0.2, 0.25) is 0 Å². The molecule has 0 aliphatic heterocycles. The first-order valence-electron chi connectivity index (χ1n) is 18.8. The lowest BCUT2D eigenvalue weighted by Crippen LogP contribution is -1.77. The van der Waals surface area contributed by atoms with Crippen LogP contribution in [0.3, 0.4) is 0 Å². The molecule has 2 aromatic heterocycles. The third kappa shape index (κ3) is 9.57. The van der Waals surface area contributed by atoms with Gasteiger partial charge in [-0.05, 0) is 17.2 Å². The first-order chi connectivity index (χ1) is 27.9. The molecule has 2 nitrogen and oxygen atoms in total. The van der Waals surface area contributed by atoms with E-state index in [1.165, 1.54) is 0 Å². The van der Waals surface area contributed by atoms with E-state index >= 15 is 0 Å². The van der Waals surface area contributed by atoms with E-state index in [1.807, 2.05) is 164 Å². The van der Waals surface area contributed by atoms with E-state index < -0.39 is 0 Å². The average Bonchev–Trinajstić information content (AvgIpc) is 3.77. The Bertz CT molecular complexity index is 2560. The third-order valence-electron chi connectivity index (χ3n) is 8.95. The molecule has 2 heterocycles. The fourth-order valence-electron chi connectivity index (χ4n) is 6.32. The van der Waals surface area contributed by atoms with Gasteiger partial charge in [-0.15, -0.1) is 0 Å². The number of benzene rings is 3. The monoisotopic (exact) mass is 722 g/mol. The summed E-state index contributed by atoms with van der Waals surface area (Å²) >= 11 is 0. The molecular weight excluding hydrogens is 681 g/mol. The molecule has 5 aromatic carbocycles. The molecule has 0 saturated heterocycles. The van der Waals surface area contributed by atoms with Gasteiger partial charge in [-0.3, -0.25) is 0 Å². The summed E-state index contributed by atoms with van der Waals surface area (Å²) in [5, 5.41) is 4.21. The molecule has 0 radical (unpaired) electrons. The van der Waals surface area contributed by atoms with Gasteiger partial charge in [0.15, 0.2) is 0 Å². The molecule has 0 N–H and O–H groups in total. The maximum atomic E-state index is 6.69. The number of furan rings is 2. The number of para-hydroxylation sites is 2. The van der Waals surface area contributed by atoms with E-state index in [2.05, 4.69) is 91.0 Å². The van der Waals surface area contributed by atoms with E-state index in [1.54, 1.807) is 0 Å². The highest BCUT2D eigenvalue weighted by molar-refractivity contribution is 6.18. The minimum Gasteiger partial charge on any atom is -0.455 e. The Morgan fingerprint density at radius 2 is 0.482 bits per heavy atom. The Kier molecular flexibility index (Phi) is 12.9. The van der Waals surface area contributed by atoms with Crippen LogP contribution >= 0.6 is 0 Å². The Hall–Kier alpha value is -7.42. The molecule has 7 aromatic rings. The molecular formula is C54H42O2. The summed E-state index contributed by atoms with van der Waals surface area (Å²) in [6, 6.07) is 86.1. The Balaban J connectivity index is 1.35. The fourth-order valence-corrected chi connectivity index (χ4v) is 6.32. The predicted molar refractivity (Wildman–Crippen MR) is 238 cm³/mol. The number of fused-ring (bicyclic) bond motifs is 6. The molecule has 0 bridgehead atoms. The second kappa shape index (κ2) is 19.6. The van der Waals surface area contributed by atoms with E-state index in [0.717, 1.165) is 66.1 Å². The first-order valence-corrected chi connectivity index (χ1v) is 18.8. The van der Waals surface area contributed by atoms with Crippen molar-refractivity contribution in [3.63, 3.8) is 0 Å². The minimum atomic E-state index is 0.783. The van der Waals surface area contributed by atoms with Crippen LogP contribution in [0, 0.1) is 0 Å². The molecule has 270 valence electrons. The predicted octanol–water partition coefficient (Wildman–Crippen LogP) is 15.6. The highest BCUT2D eigenvalue weighted by atomic mass is 16.3. The van der Waals surface area contributed by atoms with Crippen molar-refractivity contribution < 1.29 is 8.83 Å². The zero-order valence-corrected chi connectivity index (χ0v) is 31.1. The summed E-state index contributed by atoms with van der Waals surface area (Å²) in [4.78, 5) is 0. The molecule has 7 rings (SSSR count). The summed E-state index contributed by atoms with van der Waals surface area (Å²) in [5.74, 6) is 0. The molecule has 0 fully saturated rings. The number of hydrogen-bond acceptors (Lipinski definition) is 2. The van der Waals surface area contributed by atoms with Gasteiger partial charge >= 0.3 is 0 Å². The molecule has 0 aliphatic rings. The van der Waals surface area contributed by atoms with Crippen molar-refractivity contribution in [2.75, 3.05) is 0 Å². The van der Waals surface area contributed by atoms with Crippen LogP contribution in [-0.2, 0) is 0 Å². The van der Waals surface area contributed by atoms with Crippen molar-refractivity contribution in [3.05, 3.63) is 255 Å². The lowest BCUT2D eigenvalue weighted by atomic mass is 10.0. The SMILES string of the molecule is c1ccccccccc(-c2cccc3c2oc2cc4oc5c(-c6ccccccccccccccccc6)cccc5c4cc23)cccccccc1. The van der Waals surface area contributed by atoms with Gasteiger partial charge in [-0.2, -0.15) is 0 Å². The van der Waals surface area contributed by atoms with Crippen molar-refractivity contribution >= 4 is 43.9 Å². The van der Waals surface area contributed by atoms with E-state index in [-0.39, 0.29) is 0 Å². The van der Waals surface area contributed by atoms with Crippen molar-refractivity contribution in [2.45, 2.75) is 0 Å². The van der Waals surface area contributed by atoms with Crippen molar-refractivity contribution in [1.82, 2.24) is 0 Å². The lowest BCUT2D eigenvalue weighted by molar-refractivity contribution is 0.657. The van der Waals surface area contributed by atoms with Crippen LogP contribution in [-0.4, -0.2) is 0 Å². The van der Waals surface area contributed by atoms with Crippen LogP contribution in [0.1, 0.15) is 0 Å². The van der Waals surface area contributed by atoms with Crippen molar-refractivity contribution in [1.29, 1.82) is 0 Å². The Morgan fingerprint density at radius 1 is 0.214 bits per heavy atom. The summed E-state index contributed by atoms with van der Waals surface area (Å²) < 4.78 is 13.4. The van der Waals surface area contributed by atoms with Gasteiger partial charge in [-0.25, -0.2) is 0 Å². The molecule has 0 amide bonds. The van der Waals surface area contributed by atoms with Gasteiger partial charge in [0, 0.05) is 38.7 Å². The maximum absolute atomic E-state index is 6.69.